The van der Waals surface area contributed by atoms with Crippen LogP contribution < -0.4 is 5.14 Å². The number of carbonyl (C=O) groups is 2. The quantitative estimate of drug-likeness (QED) is 0.852. The van der Waals surface area contributed by atoms with Crippen LogP contribution in [-0.2, 0) is 14.8 Å². The van der Waals surface area contributed by atoms with Crippen LogP contribution in [0.1, 0.15) is 41.3 Å². The number of amides is 1. The average molecular weight is 340 g/mol. The van der Waals surface area contributed by atoms with Crippen LogP contribution in [-0.4, -0.2) is 42.4 Å². The number of sulfonamides is 1. The fourth-order valence-electron chi connectivity index (χ4n) is 2.91. The summed E-state index contributed by atoms with van der Waals surface area (Å²) in [6.07, 6.45) is 0.947. The molecule has 7 nitrogen and oxygen atoms in total. The van der Waals surface area contributed by atoms with E-state index in [2.05, 4.69) is 0 Å². The molecule has 0 aromatic heterocycles. The highest BCUT2D eigenvalue weighted by Crippen LogP contribution is 2.31. The largest absolute Gasteiger partial charge is 0.480 e. The molecule has 126 valence electrons. The SMILES string of the molecule is Cc1cc(C(=O)N2CCC[C@@]2(C)C(=O)O)cc(S(N)(=O)=O)c1C. The smallest absolute Gasteiger partial charge is 0.329 e. The van der Waals surface area contributed by atoms with Gasteiger partial charge in [0, 0.05) is 12.1 Å². The Morgan fingerprint density at radius 2 is 1.91 bits per heavy atom. The van der Waals surface area contributed by atoms with E-state index < -0.39 is 27.4 Å². The van der Waals surface area contributed by atoms with E-state index in [0.29, 0.717) is 30.5 Å². The number of rotatable bonds is 3. The van der Waals surface area contributed by atoms with Gasteiger partial charge in [0.25, 0.3) is 5.91 Å². The van der Waals surface area contributed by atoms with Crippen LogP contribution >= 0.6 is 0 Å². The molecule has 1 amide bonds. The Kier molecular flexibility index (Phi) is 4.25. The monoisotopic (exact) mass is 340 g/mol. The molecule has 1 aromatic carbocycles. The van der Waals surface area contributed by atoms with Gasteiger partial charge < -0.3 is 10.0 Å². The Morgan fingerprint density at radius 3 is 2.43 bits per heavy atom. The Labute approximate surface area is 135 Å². The number of carboxylic acid groups (broad SMARTS) is 1. The summed E-state index contributed by atoms with van der Waals surface area (Å²) < 4.78 is 23.4. The van der Waals surface area contributed by atoms with Crippen molar-refractivity contribution in [1.82, 2.24) is 4.90 Å². The third-order valence-electron chi connectivity index (χ3n) is 4.52. The lowest BCUT2D eigenvalue weighted by Gasteiger charge is -2.31. The van der Waals surface area contributed by atoms with Crippen molar-refractivity contribution in [3.05, 3.63) is 28.8 Å². The Bertz CT molecular complexity index is 787. The van der Waals surface area contributed by atoms with Crippen molar-refractivity contribution in [2.24, 2.45) is 5.14 Å². The first-order valence-electron chi connectivity index (χ1n) is 7.18. The van der Waals surface area contributed by atoms with Crippen LogP contribution in [0, 0.1) is 13.8 Å². The van der Waals surface area contributed by atoms with Crippen molar-refractivity contribution in [2.45, 2.75) is 44.0 Å². The van der Waals surface area contributed by atoms with Gasteiger partial charge >= 0.3 is 5.97 Å². The van der Waals surface area contributed by atoms with Gasteiger partial charge in [-0.3, -0.25) is 4.79 Å². The maximum Gasteiger partial charge on any atom is 0.329 e. The van der Waals surface area contributed by atoms with Gasteiger partial charge in [-0.15, -0.1) is 0 Å². The van der Waals surface area contributed by atoms with E-state index in [9.17, 15) is 23.1 Å². The molecule has 0 spiro atoms. The van der Waals surface area contributed by atoms with Crippen molar-refractivity contribution in [3.63, 3.8) is 0 Å². The predicted octanol–water partition coefficient (Wildman–Crippen LogP) is 1.03. The molecule has 2 rings (SSSR count). The Morgan fingerprint density at radius 1 is 1.30 bits per heavy atom. The Hall–Kier alpha value is -1.93. The minimum Gasteiger partial charge on any atom is -0.480 e. The molecule has 1 aliphatic heterocycles. The van der Waals surface area contributed by atoms with Crippen LogP contribution in [0.5, 0.6) is 0 Å². The van der Waals surface area contributed by atoms with Crippen LogP contribution in [0.4, 0.5) is 0 Å². The van der Waals surface area contributed by atoms with Gasteiger partial charge in [0.1, 0.15) is 5.54 Å². The van der Waals surface area contributed by atoms with Crippen LogP contribution in [0.3, 0.4) is 0 Å². The molecule has 0 radical (unpaired) electrons. The standard InChI is InChI=1S/C15H20N2O5S/c1-9-7-11(8-12(10(9)2)23(16,21)22)13(18)17-6-4-5-15(17,3)14(19)20/h7-8H,4-6H2,1-3H3,(H,19,20)(H2,16,21,22)/t15-/m0/s1. The number of carbonyl (C=O) groups excluding carboxylic acids is 1. The van der Waals surface area contributed by atoms with Gasteiger partial charge in [-0.1, -0.05) is 0 Å². The van der Waals surface area contributed by atoms with Crippen molar-refractivity contribution in [2.75, 3.05) is 6.54 Å². The number of hydrogen-bond donors (Lipinski definition) is 2. The molecule has 23 heavy (non-hydrogen) atoms. The topological polar surface area (TPSA) is 118 Å². The fraction of sp³-hybridized carbons (Fsp3) is 0.467. The molecule has 3 N–H and O–H groups in total. The van der Waals surface area contributed by atoms with E-state index in [0.717, 1.165) is 0 Å². The van der Waals surface area contributed by atoms with E-state index >= 15 is 0 Å². The molecule has 1 atom stereocenters. The maximum absolute atomic E-state index is 12.7. The van der Waals surface area contributed by atoms with E-state index in [1.54, 1.807) is 19.9 Å². The summed E-state index contributed by atoms with van der Waals surface area (Å²) in [6, 6.07) is 2.79. The highest BCUT2D eigenvalue weighted by atomic mass is 32.2. The second-order valence-electron chi connectivity index (χ2n) is 6.10. The number of hydrogen-bond acceptors (Lipinski definition) is 4. The molecule has 1 aliphatic rings. The lowest BCUT2D eigenvalue weighted by molar-refractivity contribution is -0.147. The van der Waals surface area contributed by atoms with Crippen molar-refractivity contribution >= 4 is 21.9 Å². The van der Waals surface area contributed by atoms with E-state index in [-0.39, 0.29) is 10.5 Å². The van der Waals surface area contributed by atoms with Gasteiger partial charge in [-0.25, -0.2) is 18.4 Å². The minimum atomic E-state index is -3.97. The molecular formula is C15H20N2O5S. The molecular weight excluding hydrogens is 320 g/mol. The van der Waals surface area contributed by atoms with Gasteiger partial charge in [-0.2, -0.15) is 0 Å². The lowest BCUT2D eigenvalue weighted by Crippen LogP contribution is -2.50. The third kappa shape index (κ3) is 2.96. The third-order valence-corrected chi connectivity index (χ3v) is 5.56. The van der Waals surface area contributed by atoms with Crippen molar-refractivity contribution in [3.8, 4) is 0 Å². The molecule has 0 unspecified atom stereocenters. The number of primary sulfonamides is 1. The zero-order chi connectivity index (χ0) is 17.6. The average Bonchev–Trinajstić information content (AvgIpc) is 2.83. The molecule has 1 saturated heterocycles. The fourth-order valence-corrected chi connectivity index (χ4v) is 3.79. The van der Waals surface area contributed by atoms with Crippen LogP contribution in [0.15, 0.2) is 17.0 Å². The number of aliphatic carboxylic acids is 1. The molecule has 0 saturated carbocycles. The number of benzene rings is 1. The van der Waals surface area contributed by atoms with E-state index in [4.69, 9.17) is 5.14 Å². The first kappa shape index (κ1) is 17.4. The molecule has 8 heteroatoms. The first-order chi connectivity index (χ1) is 10.5. The number of nitrogens with two attached hydrogens (primary N) is 1. The summed E-state index contributed by atoms with van der Waals surface area (Å²) in [5.41, 5.74) is -0.0634. The van der Waals surface area contributed by atoms with Crippen LogP contribution in [0.2, 0.25) is 0 Å². The van der Waals surface area contributed by atoms with Crippen molar-refractivity contribution in [1.29, 1.82) is 0 Å². The van der Waals surface area contributed by atoms with E-state index in [1.807, 2.05) is 0 Å². The minimum absolute atomic E-state index is 0.114. The number of nitrogens with zero attached hydrogens (tertiary/aromatic N) is 1. The van der Waals surface area contributed by atoms with Crippen molar-refractivity contribution < 1.29 is 23.1 Å². The zero-order valence-electron chi connectivity index (χ0n) is 13.3. The summed E-state index contributed by atoms with van der Waals surface area (Å²) in [5, 5.41) is 14.6. The second kappa shape index (κ2) is 5.61. The highest BCUT2D eigenvalue weighted by molar-refractivity contribution is 7.89. The lowest BCUT2D eigenvalue weighted by atomic mass is 9.98. The van der Waals surface area contributed by atoms with Crippen LogP contribution in [0.25, 0.3) is 0 Å². The van der Waals surface area contributed by atoms with Gasteiger partial charge in [0.2, 0.25) is 10.0 Å². The molecule has 0 bridgehead atoms. The predicted molar refractivity (Wildman–Crippen MR) is 83.6 cm³/mol. The number of carboxylic acids is 1. The van der Waals surface area contributed by atoms with E-state index in [1.165, 1.54) is 17.9 Å². The summed E-state index contributed by atoms with van der Waals surface area (Å²) >= 11 is 0. The Balaban J connectivity index is 2.53. The summed E-state index contributed by atoms with van der Waals surface area (Å²) in [4.78, 5) is 25.4. The summed E-state index contributed by atoms with van der Waals surface area (Å²) in [5.74, 6) is -1.57. The highest BCUT2D eigenvalue weighted by Gasteiger charge is 2.46. The first-order valence-corrected chi connectivity index (χ1v) is 8.72. The number of aryl methyl sites for hydroxylation is 1. The zero-order valence-corrected chi connectivity index (χ0v) is 14.1. The summed E-state index contributed by atoms with van der Waals surface area (Å²) in [6.45, 7) is 5.11. The summed E-state index contributed by atoms with van der Waals surface area (Å²) in [7, 11) is -3.97. The van der Waals surface area contributed by atoms with Gasteiger partial charge in [0.15, 0.2) is 0 Å². The molecule has 1 fully saturated rings. The number of likely N-dealkylation sites (tertiary alicyclic amines) is 1. The van der Waals surface area contributed by atoms with Gasteiger partial charge in [-0.05, 0) is 56.9 Å². The normalized spacial score (nSPS) is 21.5. The molecule has 0 aliphatic carbocycles. The molecule has 1 heterocycles. The second-order valence-corrected chi connectivity index (χ2v) is 7.63. The van der Waals surface area contributed by atoms with Gasteiger partial charge in [0.05, 0.1) is 4.90 Å². The molecule has 1 aromatic rings. The maximum atomic E-state index is 12.7.